The summed E-state index contributed by atoms with van der Waals surface area (Å²) in [6.45, 7) is 7.42. The van der Waals surface area contributed by atoms with Crippen LogP contribution in [0.15, 0.2) is 71.6 Å². The number of aryl methyl sites for hydroxylation is 2. The second kappa shape index (κ2) is 10.3. The Kier molecular flexibility index (Phi) is 7.19. The number of rotatable bonds is 7. The average Bonchev–Trinajstić information content (AvgIpc) is 2.83. The molecule has 3 N–H and O–H groups in total. The number of carbonyl (C=O) groups excluding carboxylic acids is 1. The van der Waals surface area contributed by atoms with Gasteiger partial charge < -0.3 is 15.5 Å². The van der Waals surface area contributed by atoms with Gasteiger partial charge in [0.2, 0.25) is 0 Å². The number of nitrogens with zero attached hydrogens (tertiary/aromatic N) is 1. The fourth-order valence-electron chi connectivity index (χ4n) is 3.97. The molecule has 0 atom stereocenters. The van der Waals surface area contributed by atoms with Gasteiger partial charge in [0.1, 0.15) is 0 Å². The lowest BCUT2D eigenvalue weighted by molar-refractivity contribution is 0.0951. The molecule has 4 rings (SSSR count). The Morgan fingerprint density at radius 1 is 0.941 bits per heavy atom. The first kappa shape index (κ1) is 23.8. The van der Waals surface area contributed by atoms with Crippen LogP contribution in [-0.2, 0) is 16.6 Å². The predicted molar refractivity (Wildman–Crippen MR) is 136 cm³/mol. The van der Waals surface area contributed by atoms with Gasteiger partial charge in [-0.15, -0.1) is 0 Å². The normalized spacial score (nSPS) is 14.0. The van der Waals surface area contributed by atoms with Gasteiger partial charge in [-0.05, 0) is 49.7 Å². The number of amides is 1. The molecule has 1 aliphatic heterocycles. The number of piperazine rings is 1. The zero-order chi connectivity index (χ0) is 24.1. The summed E-state index contributed by atoms with van der Waals surface area (Å²) in [6.07, 6.45) is 0. The molecule has 0 bridgehead atoms. The highest BCUT2D eigenvalue weighted by Gasteiger charge is 2.21. The third-order valence-corrected chi connectivity index (χ3v) is 7.21. The highest BCUT2D eigenvalue weighted by Crippen LogP contribution is 2.30. The van der Waals surface area contributed by atoms with Gasteiger partial charge in [0.15, 0.2) is 0 Å². The van der Waals surface area contributed by atoms with Crippen molar-refractivity contribution in [2.75, 3.05) is 35.8 Å². The fraction of sp³-hybridized carbons (Fsp3) is 0.269. The molecule has 1 amide bonds. The van der Waals surface area contributed by atoms with E-state index >= 15 is 0 Å². The average molecular weight is 479 g/mol. The van der Waals surface area contributed by atoms with Crippen molar-refractivity contribution in [2.24, 2.45) is 0 Å². The van der Waals surface area contributed by atoms with Crippen molar-refractivity contribution in [3.05, 3.63) is 89.0 Å². The van der Waals surface area contributed by atoms with Gasteiger partial charge in [0.05, 0.1) is 16.3 Å². The maximum absolute atomic E-state index is 13.1. The largest absolute Gasteiger partial charge is 0.367 e. The molecule has 0 spiro atoms. The third kappa shape index (κ3) is 5.76. The van der Waals surface area contributed by atoms with Gasteiger partial charge >= 0.3 is 0 Å². The van der Waals surface area contributed by atoms with Gasteiger partial charge in [-0.3, -0.25) is 9.52 Å². The molecule has 0 unspecified atom stereocenters. The second-order valence-corrected chi connectivity index (χ2v) is 10.2. The maximum atomic E-state index is 13.1. The van der Waals surface area contributed by atoms with Crippen LogP contribution in [0.3, 0.4) is 0 Å². The van der Waals surface area contributed by atoms with Crippen LogP contribution in [0.1, 0.15) is 27.0 Å². The molecule has 1 heterocycles. The van der Waals surface area contributed by atoms with Crippen molar-refractivity contribution >= 4 is 27.3 Å². The summed E-state index contributed by atoms with van der Waals surface area (Å²) < 4.78 is 29.0. The van der Waals surface area contributed by atoms with Gasteiger partial charge in [0, 0.05) is 38.3 Å². The van der Waals surface area contributed by atoms with E-state index in [4.69, 9.17) is 0 Å². The molecule has 0 saturated carbocycles. The van der Waals surface area contributed by atoms with Crippen LogP contribution in [0.4, 0.5) is 11.4 Å². The van der Waals surface area contributed by atoms with Gasteiger partial charge in [0.25, 0.3) is 15.9 Å². The number of carbonyl (C=O) groups is 1. The van der Waals surface area contributed by atoms with Crippen LogP contribution >= 0.6 is 0 Å². The lowest BCUT2D eigenvalue weighted by Crippen LogP contribution is -2.43. The van der Waals surface area contributed by atoms with E-state index in [0.29, 0.717) is 17.8 Å². The summed E-state index contributed by atoms with van der Waals surface area (Å²) in [4.78, 5) is 15.2. The topological polar surface area (TPSA) is 90.5 Å². The molecule has 3 aromatic rings. The third-order valence-electron chi connectivity index (χ3n) is 5.83. The molecular weight excluding hydrogens is 448 g/mol. The molecule has 34 heavy (non-hydrogen) atoms. The number of nitrogens with one attached hydrogen (secondary N) is 3. The molecule has 178 valence electrons. The van der Waals surface area contributed by atoms with Crippen molar-refractivity contribution < 1.29 is 13.2 Å². The molecule has 7 nitrogen and oxygen atoms in total. The van der Waals surface area contributed by atoms with Crippen LogP contribution in [0.25, 0.3) is 0 Å². The van der Waals surface area contributed by atoms with Gasteiger partial charge in [-0.25, -0.2) is 8.42 Å². The molecule has 1 fully saturated rings. The Hall–Kier alpha value is -3.36. The van der Waals surface area contributed by atoms with E-state index in [9.17, 15) is 13.2 Å². The molecule has 3 aromatic carbocycles. The molecular formula is C26H30N4O3S. The molecule has 1 saturated heterocycles. The van der Waals surface area contributed by atoms with Crippen molar-refractivity contribution in [1.29, 1.82) is 0 Å². The smallest absolute Gasteiger partial charge is 0.261 e. The van der Waals surface area contributed by atoms with Crippen molar-refractivity contribution in [3.63, 3.8) is 0 Å². The van der Waals surface area contributed by atoms with E-state index in [-0.39, 0.29) is 10.8 Å². The van der Waals surface area contributed by atoms with Crippen LogP contribution < -0.4 is 20.3 Å². The summed E-state index contributed by atoms with van der Waals surface area (Å²) in [5.74, 6) is -0.260. The number of sulfonamides is 1. The molecule has 8 heteroatoms. The van der Waals surface area contributed by atoms with E-state index < -0.39 is 10.0 Å². The first-order chi connectivity index (χ1) is 16.3. The van der Waals surface area contributed by atoms with E-state index in [2.05, 4.69) is 20.3 Å². The first-order valence-electron chi connectivity index (χ1n) is 11.3. The summed E-state index contributed by atoms with van der Waals surface area (Å²) in [7, 11) is -3.82. The van der Waals surface area contributed by atoms with Crippen LogP contribution in [0.2, 0.25) is 0 Å². The Bertz CT molecular complexity index is 1270. The minimum absolute atomic E-state index is 0.179. The van der Waals surface area contributed by atoms with Crippen molar-refractivity contribution in [1.82, 2.24) is 10.6 Å². The number of hydrogen-bond donors (Lipinski definition) is 3. The molecule has 0 aromatic heterocycles. The highest BCUT2D eigenvalue weighted by atomic mass is 32.2. The van der Waals surface area contributed by atoms with Gasteiger partial charge in [-0.2, -0.15) is 0 Å². The standard InChI is InChI=1S/C26H30N4O3S/c1-19-6-9-23(10-7-19)34(32,33)29-24-17-22(8-11-25(24)30-14-12-27-13-15-30)26(31)28-18-21-5-3-4-20(2)16-21/h3-11,16-17,27,29H,12-15,18H2,1-2H3,(H,28,31). The Labute approximate surface area is 201 Å². The monoisotopic (exact) mass is 478 g/mol. The summed E-state index contributed by atoms with van der Waals surface area (Å²) in [5.41, 5.74) is 4.66. The zero-order valence-electron chi connectivity index (χ0n) is 19.5. The SMILES string of the molecule is Cc1ccc(S(=O)(=O)Nc2cc(C(=O)NCc3cccc(C)c3)ccc2N2CCNCC2)cc1. The lowest BCUT2D eigenvalue weighted by atomic mass is 10.1. The quantitative estimate of drug-likeness (QED) is 0.484. The van der Waals surface area contributed by atoms with Crippen molar-refractivity contribution in [3.8, 4) is 0 Å². The van der Waals surface area contributed by atoms with Crippen LogP contribution in [-0.4, -0.2) is 40.5 Å². The number of anilines is 2. The number of benzene rings is 3. The molecule has 0 radical (unpaired) electrons. The Morgan fingerprint density at radius 3 is 2.38 bits per heavy atom. The highest BCUT2D eigenvalue weighted by molar-refractivity contribution is 7.92. The lowest BCUT2D eigenvalue weighted by Gasteiger charge is -2.31. The summed E-state index contributed by atoms with van der Waals surface area (Å²) in [6, 6.07) is 19.8. The summed E-state index contributed by atoms with van der Waals surface area (Å²) in [5, 5.41) is 6.23. The maximum Gasteiger partial charge on any atom is 0.261 e. The minimum Gasteiger partial charge on any atom is -0.367 e. The molecule has 1 aliphatic rings. The Balaban J connectivity index is 1.61. The van der Waals surface area contributed by atoms with Gasteiger partial charge in [-0.1, -0.05) is 47.5 Å². The van der Waals surface area contributed by atoms with Crippen LogP contribution in [0, 0.1) is 13.8 Å². The Morgan fingerprint density at radius 2 is 1.68 bits per heavy atom. The first-order valence-corrected chi connectivity index (χ1v) is 12.8. The number of hydrogen-bond acceptors (Lipinski definition) is 5. The van der Waals surface area contributed by atoms with Crippen LogP contribution in [0.5, 0.6) is 0 Å². The van der Waals surface area contributed by atoms with E-state index in [1.165, 1.54) is 0 Å². The van der Waals surface area contributed by atoms with E-state index in [1.54, 1.807) is 36.4 Å². The van der Waals surface area contributed by atoms with Crippen molar-refractivity contribution in [2.45, 2.75) is 25.3 Å². The van der Waals surface area contributed by atoms with E-state index in [0.717, 1.165) is 48.6 Å². The second-order valence-electron chi connectivity index (χ2n) is 8.56. The van der Waals surface area contributed by atoms with E-state index in [1.807, 2.05) is 44.2 Å². The zero-order valence-corrected chi connectivity index (χ0v) is 20.3. The summed E-state index contributed by atoms with van der Waals surface area (Å²) >= 11 is 0. The predicted octanol–water partition coefficient (Wildman–Crippen LogP) is 3.44. The minimum atomic E-state index is -3.82. The molecule has 0 aliphatic carbocycles. The fourth-order valence-corrected chi connectivity index (χ4v) is 5.03.